The van der Waals surface area contributed by atoms with Crippen LogP contribution >= 0.6 is 0 Å². The molecule has 0 radical (unpaired) electrons. The summed E-state index contributed by atoms with van der Waals surface area (Å²) in [5.41, 5.74) is 0.842. The first-order valence-electron chi connectivity index (χ1n) is 6.22. The molecule has 7 heteroatoms. The fourth-order valence-corrected chi connectivity index (χ4v) is 2.07. The molecular formula is C12H18N4O3. The molecule has 2 N–H and O–H groups in total. The summed E-state index contributed by atoms with van der Waals surface area (Å²) in [4.78, 5) is 32.1. The van der Waals surface area contributed by atoms with E-state index in [-0.39, 0.29) is 24.2 Å². The predicted octanol–water partition coefficient (Wildman–Crippen LogP) is -0.479. The fraction of sp³-hybridized carbons (Fsp3) is 0.583. The molecule has 0 aromatic carbocycles. The second-order valence-electron chi connectivity index (χ2n) is 4.53. The summed E-state index contributed by atoms with van der Waals surface area (Å²) in [7, 11) is 1.59. The number of carbonyl (C=O) groups excluding carboxylic acids is 2. The molecular weight excluding hydrogens is 248 g/mol. The molecule has 104 valence electrons. The van der Waals surface area contributed by atoms with Crippen LogP contribution in [0.2, 0.25) is 0 Å². The summed E-state index contributed by atoms with van der Waals surface area (Å²) in [6.07, 6.45) is 3.50. The van der Waals surface area contributed by atoms with Crippen LogP contribution in [-0.2, 0) is 20.9 Å². The molecule has 1 aliphatic heterocycles. The van der Waals surface area contributed by atoms with E-state index in [4.69, 9.17) is 4.74 Å². The van der Waals surface area contributed by atoms with E-state index in [1.165, 1.54) is 0 Å². The second kappa shape index (κ2) is 6.33. The normalized spacial score (nSPS) is 18.9. The lowest BCUT2D eigenvalue weighted by Gasteiger charge is -2.15. The molecule has 2 heterocycles. The first-order valence-corrected chi connectivity index (χ1v) is 6.22. The zero-order valence-corrected chi connectivity index (χ0v) is 10.9. The van der Waals surface area contributed by atoms with Crippen LogP contribution < -0.4 is 5.32 Å². The van der Waals surface area contributed by atoms with Crippen LogP contribution in [0.1, 0.15) is 12.1 Å². The van der Waals surface area contributed by atoms with E-state index in [9.17, 15) is 9.59 Å². The molecule has 0 bridgehead atoms. The summed E-state index contributed by atoms with van der Waals surface area (Å²) >= 11 is 0. The number of aromatic nitrogens is 2. The highest BCUT2D eigenvalue weighted by Gasteiger charge is 2.33. The Morgan fingerprint density at radius 2 is 2.53 bits per heavy atom. The number of nitrogens with one attached hydrogen (secondary N) is 2. The van der Waals surface area contributed by atoms with Crippen molar-refractivity contribution in [2.45, 2.75) is 13.0 Å². The Labute approximate surface area is 111 Å². The zero-order valence-electron chi connectivity index (χ0n) is 10.9. The number of amides is 2. The Morgan fingerprint density at radius 1 is 1.68 bits per heavy atom. The van der Waals surface area contributed by atoms with Crippen molar-refractivity contribution < 1.29 is 14.3 Å². The van der Waals surface area contributed by atoms with E-state index in [0.717, 1.165) is 5.69 Å². The number of methoxy groups -OCH3 is 1. The van der Waals surface area contributed by atoms with Gasteiger partial charge in [-0.05, 0) is 0 Å². The topological polar surface area (TPSA) is 87.3 Å². The standard InChI is InChI=1S/C12H18N4O3/c1-19-3-2-16-7-9(4-11(16)17)12(18)14-6-10-5-13-8-15-10/h5,8-9H,2-4,6-7H2,1H3,(H,13,15)(H,14,18). The number of likely N-dealkylation sites (tertiary alicyclic amines) is 1. The van der Waals surface area contributed by atoms with E-state index in [2.05, 4.69) is 15.3 Å². The minimum atomic E-state index is -0.271. The van der Waals surface area contributed by atoms with E-state index in [0.29, 0.717) is 26.2 Å². The maximum absolute atomic E-state index is 11.9. The smallest absolute Gasteiger partial charge is 0.225 e. The molecule has 0 aliphatic carbocycles. The molecule has 7 nitrogen and oxygen atoms in total. The van der Waals surface area contributed by atoms with Gasteiger partial charge in [-0.3, -0.25) is 9.59 Å². The van der Waals surface area contributed by atoms with Crippen molar-refractivity contribution in [3.63, 3.8) is 0 Å². The van der Waals surface area contributed by atoms with Gasteiger partial charge < -0.3 is 19.9 Å². The molecule has 0 spiro atoms. The highest BCUT2D eigenvalue weighted by molar-refractivity contribution is 5.89. The van der Waals surface area contributed by atoms with Crippen molar-refractivity contribution in [3.8, 4) is 0 Å². The largest absolute Gasteiger partial charge is 0.383 e. The number of nitrogens with zero attached hydrogens (tertiary/aromatic N) is 2. The highest BCUT2D eigenvalue weighted by atomic mass is 16.5. The molecule has 2 amide bonds. The number of ether oxygens (including phenoxy) is 1. The van der Waals surface area contributed by atoms with Crippen LogP contribution in [0.5, 0.6) is 0 Å². The lowest BCUT2D eigenvalue weighted by molar-refractivity contribution is -0.129. The summed E-state index contributed by atoms with van der Waals surface area (Å²) in [6.45, 7) is 1.91. The van der Waals surface area contributed by atoms with Gasteiger partial charge >= 0.3 is 0 Å². The number of carbonyl (C=O) groups is 2. The third-order valence-corrected chi connectivity index (χ3v) is 3.16. The van der Waals surface area contributed by atoms with Gasteiger partial charge in [0, 0.05) is 32.8 Å². The van der Waals surface area contributed by atoms with Gasteiger partial charge in [0.15, 0.2) is 0 Å². The fourth-order valence-electron chi connectivity index (χ4n) is 2.07. The van der Waals surface area contributed by atoms with Crippen LogP contribution in [0.25, 0.3) is 0 Å². The summed E-state index contributed by atoms with van der Waals surface area (Å²) in [6, 6.07) is 0. The Morgan fingerprint density at radius 3 is 3.21 bits per heavy atom. The van der Waals surface area contributed by atoms with Crippen molar-refractivity contribution >= 4 is 11.8 Å². The van der Waals surface area contributed by atoms with E-state index in [1.807, 2.05) is 0 Å². The number of H-pyrrole nitrogens is 1. The molecule has 0 saturated carbocycles. The number of imidazole rings is 1. The van der Waals surface area contributed by atoms with Gasteiger partial charge in [-0.25, -0.2) is 4.98 Å². The van der Waals surface area contributed by atoms with Gasteiger partial charge in [-0.2, -0.15) is 0 Å². The van der Waals surface area contributed by atoms with Gasteiger partial charge in [0.1, 0.15) is 0 Å². The van der Waals surface area contributed by atoms with E-state index in [1.54, 1.807) is 24.5 Å². The monoisotopic (exact) mass is 266 g/mol. The molecule has 1 atom stereocenters. The maximum atomic E-state index is 11.9. The van der Waals surface area contributed by atoms with E-state index < -0.39 is 0 Å². The number of hydrogen-bond acceptors (Lipinski definition) is 4. The Kier molecular flexibility index (Phi) is 4.51. The number of hydrogen-bond donors (Lipinski definition) is 2. The number of rotatable bonds is 6. The highest BCUT2D eigenvalue weighted by Crippen LogP contribution is 2.17. The third-order valence-electron chi connectivity index (χ3n) is 3.16. The average Bonchev–Trinajstić information content (AvgIpc) is 3.03. The summed E-state index contributed by atoms with van der Waals surface area (Å²) in [5.74, 6) is -0.353. The first-order chi connectivity index (χ1) is 9.20. The molecule has 19 heavy (non-hydrogen) atoms. The number of aromatic amines is 1. The molecule has 1 saturated heterocycles. The van der Waals surface area contributed by atoms with Crippen LogP contribution in [0.3, 0.4) is 0 Å². The molecule has 1 aromatic rings. The van der Waals surface area contributed by atoms with Gasteiger partial charge in [-0.15, -0.1) is 0 Å². The zero-order chi connectivity index (χ0) is 13.7. The lowest BCUT2D eigenvalue weighted by atomic mass is 10.1. The van der Waals surface area contributed by atoms with Crippen molar-refractivity contribution in [2.75, 3.05) is 26.8 Å². The van der Waals surface area contributed by atoms with Crippen molar-refractivity contribution in [1.82, 2.24) is 20.2 Å². The molecule has 2 rings (SSSR count). The average molecular weight is 266 g/mol. The lowest BCUT2D eigenvalue weighted by Crippen LogP contribution is -2.33. The van der Waals surface area contributed by atoms with Gasteiger partial charge in [0.25, 0.3) is 0 Å². The minimum absolute atomic E-state index is 0.0127. The summed E-state index contributed by atoms with van der Waals surface area (Å²) in [5, 5.41) is 2.80. The first kappa shape index (κ1) is 13.5. The Bertz CT molecular complexity index is 432. The molecule has 1 aliphatic rings. The van der Waals surface area contributed by atoms with Crippen LogP contribution in [-0.4, -0.2) is 53.5 Å². The van der Waals surface area contributed by atoms with Gasteiger partial charge in [-0.1, -0.05) is 0 Å². The Hall–Kier alpha value is -1.89. The van der Waals surface area contributed by atoms with Crippen LogP contribution in [0.15, 0.2) is 12.5 Å². The Balaban J connectivity index is 1.79. The molecule has 1 unspecified atom stereocenters. The van der Waals surface area contributed by atoms with Crippen molar-refractivity contribution in [3.05, 3.63) is 18.2 Å². The quantitative estimate of drug-likeness (QED) is 0.728. The van der Waals surface area contributed by atoms with Gasteiger partial charge in [0.2, 0.25) is 11.8 Å². The minimum Gasteiger partial charge on any atom is -0.383 e. The molecule has 1 aromatic heterocycles. The molecule has 1 fully saturated rings. The summed E-state index contributed by atoms with van der Waals surface area (Å²) < 4.78 is 4.94. The maximum Gasteiger partial charge on any atom is 0.225 e. The predicted molar refractivity (Wildman–Crippen MR) is 67.0 cm³/mol. The third kappa shape index (κ3) is 3.54. The van der Waals surface area contributed by atoms with Crippen LogP contribution in [0, 0.1) is 5.92 Å². The van der Waals surface area contributed by atoms with Crippen LogP contribution in [0.4, 0.5) is 0 Å². The van der Waals surface area contributed by atoms with Crippen molar-refractivity contribution in [1.29, 1.82) is 0 Å². The van der Waals surface area contributed by atoms with Gasteiger partial charge in [0.05, 0.1) is 31.1 Å². The van der Waals surface area contributed by atoms with E-state index >= 15 is 0 Å². The SMILES string of the molecule is COCCN1CC(C(=O)NCc2cnc[nH]2)CC1=O. The van der Waals surface area contributed by atoms with Crippen molar-refractivity contribution in [2.24, 2.45) is 5.92 Å². The second-order valence-corrected chi connectivity index (χ2v) is 4.53.